The Morgan fingerprint density at radius 2 is 2.12 bits per heavy atom. The molecule has 0 saturated carbocycles. The zero-order valence-electron chi connectivity index (χ0n) is 8.64. The summed E-state index contributed by atoms with van der Waals surface area (Å²) in [5.41, 5.74) is 1.02. The Labute approximate surface area is 110 Å². The molecule has 1 heterocycles. The molecular weight excluding hydrogens is 265 g/mol. The molecule has 0 spiro atoms. The van der Waals surface area contributed by atoms with Crippen molar-refractivity contribution >= 4 is 35.3 Å². The van der Waals surface area contributed by atoms with Crippen molar-refractivity contribution in [1.29, 1.82) is 0 Å². The second-order valence-corrected chi connectivity index (χ2v) is 4.35. The minimum Gasteiger partial charge on any atom is -0.496 e. The van der Waals surface area contributed by atoms with Gasteiger partial charge in [-0.05, 0) is 12.1 Å². The quantitative estimate of drug-likeness (QED) is 0.791. The summed E-state index contributed by atoms with van der Waals surface area (Å²) in [5.74, 6) is 1.35. The van der Waals surface area contributed by atoms with E-state index in [4.69, 9.17) is 16.3 Å². The summed E-state index contributed by atoms with van der Waals surface area (Å²) < 4.78 is 5.28. The van der Waals surface area contributed by atoms with Gasteiger partial charge in [0.05, 0.1) is 18.6 Å². The average Bonchev–Trinajstić information content (AvgIpc) is 2.77. The van der Waals surface area contributed by atoms with Crippen molar-refractivity contribution in [3.8, 4) is 16.3 Å². The van der Waals surface area contributed by atoms with Crippen LogP contribution in [0.15, 0.2) is 30.5 Å². The lowest BCUT2D eigenvalue weighted by Crippen LogP contribution is -1.85. The predicted molar refractivity (Wildman–Crippen MR) is 70.9 cm³/mol. The van der Waals surface area contributed by atoms with Gasteiger partial charge < -0.3 is 4.74 Å². The highest BCUT2D eigenvalue weighted by atomic mass is 35.5. The fourth-order valence-corrected chi connectivity index (χ4v) is 2.34. The van der Waals surface area contributed by atoms with Crippen LogP contribution in [0.2, 0.25) is 0 Å². The van der Waals surface area contributed by atoms with E-state index in [0.29, 0.717) is 5.88 Å². The molecule has 0 unspecified atom stereocenters. The van der Waals surface area contributed by atoms with Gasteiger partial charge in [-0.2, -0.15) is 0 Å². The summed E-state index contributed by atoms with van der Waals surface area (Å²) in [7, 11) is 1.66. The van der Waals surface area contributed by atoms with Crippen molar-refractivity contribution in [2.45, 2.75) is 5.88 Å². The van der Waals surface area contributed by atoms with Crippen LogP contribution in [0.3, 0.4) is 0 Å². The van der Waals surface area contributed by atoms with Crippen molar-refractivity contribution in [2.24, 2.45) is 0 Å². The van der Waals surface area contributed by atoms with Crippen LogP contribution in [0, 0.1) is 0 Å². The SMILES string of the molecule is COc1ccccc1-c1ncc(CCl)s1.Cl. The predicted octanol–water partition coefficient (Wildman–Crippen LogP) is 3.98. The number of hydrogen-bond acceptors (Lipinski definition) is 3. The molecule has 1 aromatic heterocycles. The highest BCUT2D eigenvalue weighted by Crippen LogP contribution is 2.32. The van der Waals surface area contributed by atoms with E-state index in [1.807, 2.05) is 24.3 Å². The third-order valence-electron chi connectivity index (χ3n) is 2.02. The highest BCUT2D eigenvalue weighted by molar-refractivity contribution is 7.15. The summed E-state index contributed by atoms with van der Waals surface area (Å²) >= 11 is 7.33. The van der Waals surface area contributed by atoms with Crippen LogP contribution < -0.4 is 4.74 Å². The molecule has 16 heavy (non-hydrogen) atoms. The number of thiazole rings is 1. The van der Waals surface area contributed by atoms with E-state index in [9.17, 15) is 0 Å². The van der Waals surface area contributed by atoms with Crippen LogP contribution in [0.1, 0.15) is 4.88 Å². The molecule has 0 aliphatic rings. The number of hydrogen-bond donors (Lipinski definition) is 0. The van der Waals surface area contributed by atoms with Gasteiger partial charge >= 0.3 is 0 Å². The number of para-hydroxylation sites is 1. The largest absolute Gasteiger partial charge is 0.496 e. The molecule has 0 amide bonds. The van der Waals surface area contributed by atoms with Gasteiger partial charge in [0.2, 0.25) is 0 Å². The Balaban J connectivity index is 0.00000128. The summed E-state index contributed by atoms with van der Waals surface area (Å²) in [6.07, 6.45) is 1.80. The fourth-order valence-electron chi connectivity index (χ4n) is 1.32. The molecule has 0 atom stereocenters. The van der Waals surface area contributed by atoms with Crippen LogP contribution in [0.5, 0.6) is 5.75 Å². The number of benzene rings is 1. The van der Waals surface area contributed by atoms with E-state index >= 15 is 0 Å². The second-order valence-electron chi connectivity index (χ2n) is 2.97. The summed E-state index contributed by atoms with van der Waals surface area (Å²) in [6.45, 7) is 0. The van der Waals surface area contributed by atoms with E-state index in [1.54, 1.807) is 24.6 Å². The molecule has 0 bridgehead atoms. The first-order valence-corrected chi connectivity index (χ1v) is 5.84. The maximum absolute atomic E-state index is 5.74. The number of nitrogens with zero attached hydrogens (tertiary/aromatic N) is 1. The van der Waals surface area contributed by atoms with Gasteiger partial charge in [-0.1, -0.05) is 12.1 Å². The topological polar surface area (TPSA) is 22.1 Å². The fraction of sp³-hybridized carbons (Fsp3) is 0.182. The number of ether oxygens (including phenoxy) is 1. The molecule has 0 saturated heterocycles. The van der Waals surface area contributed by atoms with E-state index in [0.717, 1.165) is 21.2 Å². The van der Waals surface area contributed by atoms with Crippen LogP contribution in [-0.2, 0) is 5.88 Å². The van der Waals surface area contributed by atoms with Crippen molar-refractivity contribution in [3.05, 3.63) is 35.3 Å². The lowest BCUT2D eigenvalue weighted by atomic mass is 10.2. The Kier molecular flexibility index (Phi) is 5.06. The normalized spacial score (nSPS) is 9.62. The molecular formula is C11H11Cl2NOS. The molecule has 2 aromatic rings. The first-order valence-electron chi connectivity index (χ1n) is 4.49. The van der Waals surface area contributed by atoms with Crippen molar-refractivity contribution < 1.29 is 4.74 Å². The van der Waals surface area contributed by atoms with E-state index in [1.165, 1.54) is 0 Å². The van der Waals surface area contributed by atoms with Gasteiger partial charge in [-0.15, -0.1) is 35.3 Å². The summed E-state index contributed by atoms with van der Waals surface area (Å²) in [6, 6.07) is 7.84. The Morgan fingerprint density at radius 3 is 2.75 bits per heavy atom. The molecule has 5 heteroatoms. The smallest absolute Gasteiger partial charge is 0.129 e. The van der Waals surface area contributed by atoms with E-state index < -0.39 is 0 Å². The maximum Gasteiger partial charge on any atom is 0.129 e. The third-order valence-corrected chi connectivity index (χ3v) is 3.50. The van der Waals surface area contributed by atoms with Gasteiger partial charge in [0.1, 0.15) is 10.8 Å². The Bertz CT molecular complexity index is 459. The number of halogens is 2. The minimum atomic E-state index is 0. The van der Waals surface area contributed by atoms with Crippen LogP contribution in [-0.4, -0.2) is 12.1 Å². The average molecular weight is 276 g/mol. The van der Waals surface area contributed by atoms with Gasteiger partial charge in [0, 0.05) is 11.1 Å². The zero-order valence-corrected chi connectivity index (χ0v) is 11.0. The maximum atomic E-state index is 5.74. The van der Waals surface area contributed by atoms with Crippen molar-refractivity contribution in [1.82, 2.24) is 4.98 Å². The lowest BCUT2D eigenvalue weighted by molar-refractivity contribution is 0.416. The summed E-state index contributed by atoms with van der Waals surface area (Å²) in [5, 5.41) is 0.947. The Morgan fingerprint density at radius 1 is 1.38 bits per heavy atom. The number of methoxy groups -OCH3 is 1. The first kappa shape index (κ1) is 13.3. The molecule has 0 aliphatic carbocycles. The lowest BCUT2D eigenvalue weighted by Gasteiger charge is -2.04. The van der Waals surface area contributed by atoms with Crippen molar-refractivity contribution in [3.63, 3.8) is 0 Å². The number of aromatic nitrogens is 1. The number of alkyl halides is 1. The highest BCUT2D eigenvalue weighted by Gasteiger charge is 2.08. The second kappa shape index (κ2) is 6.09. The molecule has 0 radical (unpaired) electrons. The molecule has 0 fully saturated rings. The standard InChI is InChI=1S/C11H10ClNOS.ClH/c1-14-10-5-3-2-4-9(10)11-13-7-8(6-12)15-11;/h2-5,7H,6H2,1H3;1H. The zero-order chi connectivity index (χ0) is 10.7. The number of rotatable bonds is 3. The van der Waals surface area contributed by atoms with Crippen LogP contribution in [0.25, 0.3) is 10.6 Å². The Hall–Kier alpha value is -0.770. The third kappa shape index (κ3) is 2.67. The van der Waals surface area contributed by atoms with Gasteiger partial charge in [0.15, 0.2) is 0 Å². The molecule has 2 nitrogen and oxygen atoms in total. The molecule has 2 rings (SSSR count). The van der Waals surface area contributed by atoms with Gasteiger partial charge in [-0.3, -0.25) is 0 Å². The van der Waals surface area contributed by atoms with E-state index in [-0.39, 0.29) is 12.4 Å². The van der Waals surface area contributed by atoms with E-state index in [2.05, 4.69) is 4.98 Å². The molecule has 1 aromatic carbocycles. The molecule has 86 valence electrons. The first-order chi connectivity index (χ1) is 7.35. The minimum absolute atomic E-state index is 0. The summed E-state index contributed by atoms with van der Waals surface area (Å²) in [4.78, 5) is 5.39. The van der Waals surface area contributed by atoms with Crippen molar-refractivity contribution in [2.75, 3.05) is 7.11 Å². The van der Waals surface area contributed by atoms with Crippen LogP contribution in [0.4, 0.5) is 0 Å². The molecule has 0 N–H and O–H groups in total. The van der Waals surface area contributed by atoms with Crippen LogP contribution >= 0.6 is 35.3 Å². The molecule has 0 aliphatic heterocycles. The van der Waals surface area contributed by atoms with Gasteiger partial charge in [-0.25, -0.2) is 4.98 Å². The van der Waals surface area contributed by atoms with Gasteiger partial charge in [0.25, 0.3) is 0 Å². The monoisotopic (exact) mass is 275 g/mol.